The van der Waals surface area contributed by atoms with Crippen LogP contribution < -0.4 is 16.0 Å². The van der Waals surface area contributed by atoms with Gasteiger partial charge in [0.2, 0.25) is 5.91 Å². The number of nitrogens with one attached hydrogen (secondary N) is 1. The molecule has 4 nitrogen and oxygen atoms in total. The molecule has 0 radical (unpaired) electrons. The van der Waals surface area contributed by atoms with E-state index in [0.717, 1.165) is 23.5 Å². The van der Waals surface area contributed by atoms with Gasteiger partial charge in [-0.25, -0.2) is 0 Å². The largest absolute Gasteiger partial charge is 0.374 e. The van der Waals surface area contributed by atoms with Crippen molar-refractivity contribution in [3.05, 3.63) is 23.8 Å². The van der Waals surface area contributed by atoms with Crippen molar-refractivity contribution < 1.29 is 4.79 Å². The number of rotatable bonds is 4. The van der Waals surface area contributed by atoms with Crippen molar-refractivity contribution in [2.45, 2.75) is 20.3 Å². The molecular formula is C14H21N3O. The fourth-order valence-corrected chi connectivity index (χ4v) is 2.25. The van der Waals surface area contributed by atoms with Crippen molar-refractivity contribution in [1.29, 1.82) is 0 Å². The average Bonchev–Trinajstić information content (AvgIpc) is 2.67. The minimum Gasteiger partial charge on any atom is -0.374 e. The van der Waals surface area contributed by atoms with E-state index in [1.807, 2.05) is 12.1 Å². The van der Waals surface area contributed by atoms with Crippen molar-refractivity contribution in [2.24, 2.45) is 11.1 Å². The molecule has 0 unspecified atom stereocenters. The predicted molar refractivity (Wildman–Crippen MR) is 74.9 cm³/mol. The number of carbonyl (C=O) groups is 1. The van der Waals surface area contributed by atoms with Gasteiger partial charge >= 0.3 is 0 Å². The van der Waals surface area contributed by atoms with Gasteiger partial charge in [0.05, 0.1) is 6.42 Å². The Labute approximate surface area is 108 Å². The Morgan fingerprint density at radius 1 is 1.44 bits per heavy atom. The summed E-state index contributed by atoms with van der Waals surface area (Å²) in [5.41, 5.74) is 8.99. The van der Waals surface area contributed by atoms with Gasteiger partial charge < -0.3 is 16.0 Å². The first-order valence-electron chi connectivity index (χ1n) is 6.25. The quantitative estimate of drug-likeness (QED) is 0.849. The lowest BCUT2D eigenvalue weighted by Crippen LogP contribution is -2.36. The van der Waals surface area contributed by atoms with Gasteiger partial charge in [-0.2, -0.15) is 0 Å². The smallest absolute Gasteiger partial charge is 0.228 e. The van der Waals surface area contributed by atoms with E-state index >= 15 is 0 Å². The molecule has 1 aliphatic rings. The minimum atomic E-state index is 0.0760. The van der Waals surface area contributed by atoms with E-state index in [1.165, 1.54) is 0 Å². The summed E-state index contributed by atoms with van der Waals surface area (Å²) in [5, 5.41) is 2.85. The van der Waals surface area contributed by atoms with Crippen molar-refractivity contribution in [2.75, 3.05) is 30.4 Å². The monoisotopic (exact) mass is 247 g/mol. The first-order chi connectivity index (χ1) is 8.41. The molecule has 0 aromatic heterocycles. The predicted octanol–water partition coefficient (Wildman–Crippen LogP) is 1.60. The molecule has 1 aromatic rings. The zero-order valence-corrected chi connectivity index (χ0v) is 11.3. The molecule has 0 saturated carbocycles. The maximum absolute atomic E-state index is 11.3. The van der Waals surface area contributed by atoms with Crippen molar-refractivity contribution in [3.8, 4) is 0 Å². The highest BCUT2D eigenvalue weighted by Gasteiger charge is 2.21. The maximum atomic E-state index is 11.3. The SMILES string of the molecule is CN(CC(C)(C)CN)c1ccc2c(c1)CC(=O)N2. The number of amides is 1. The van der Waals surface area contributed by atoms with Crippen LogP contribution in [0.1, 0.15) is 19.4 Å². The van der Waals surface area contributed by atoms with E-state index in [2.05, 4.69) is 37.2 Å². The zero-order chi connectivity index (χ0) is 13.3. The van der Waals surface area contributed by atoms with Crippen LogP contribution in [0.5, 0.6) is 0 Å². The van der Waals surface area contributed by atoms with E-state index in [4.69, 9.17) is 5.73 Å². The normalized spacial score (nSPS) is 14.3. The van der Waals surface area contributed by atoms with Gasteiger partial charge in [0, 0.05) is 25.0 Å². The van der Waals surface area contributed by atoms with Crippen molar-refractivity contribution >= 4 is 17.3 Å². The fourth-order valence-electron chi connectivity index (χ4n) is 2.25. The van der Waals surface area contributed by atoms with E-state index in [-0.39, 0.29) is 11.3 Å². The summed E-state index contributed by atoms with van der Waals surface area (Å²) in [7, 11) is 2.06. The van der Waals surface area contributed by atoms with Gasteiger partial charge in [-0.15, -0.1) is 0 Å². The Morgan fingerprint density at radius 3 is 2.83 bits per heavy atom. The molecule has 0 saturated heterocycles. The summed E-state index contributed by atoms with van der Waals surface area (Å²) in [5.74, 6) is 0.0760. The molecule has 1 aliphatic heterocycles. The van der Waals surface area contributed by atoms with Crippen LogP contribution >= 0.6 is 0 Å². The number of anilines is 2. The second kappa shape index (κ2) is 4.61. The number of carbonyl (C=O) groups excluding carboxylic acids is 1. The summed E-state index contributed by atoms with van der Waals surface area (Å²) in [6, 6.07) is 6.10. The van der Waals surface area contributed by atoms with Crippen LogP contribution in [0.25, 0.3) is 0 Å². The molecule has 4 heteroatoms. The average molecular weight is 247 g/mol. The molecule has 2 rings (SSSR count). The maximum Gasteiger partial charge on any atom is 0.228 e. The molecule has 1 amide bonds. The molecule has 0 fully saturated rings. The molecular weight excluding hydrogens is 226 g/mol. The summed E-state index contributed by atoms with van der Waals surface area (Å²) < 4.78 is 0. The molecule has 98 valence electrons. The highest BCUT2D eigenvalue weighted by Crippen LogP contribution is 2.28. The molecule has 3 N–H and O–H groups in total. The van der Waals surface area contributed by atoms with Crippen LogP contribution in [-0.2, 0) is 11.2 Å². The lowest BCUT2D eigenvalue weighted by atomic mass is 9.93. The highest BCUT2D eigenvalue weighted by atomic mass is 16.1. The fraction of sp³-hybridized carbons (Fsp3) is 0.500. The second-order valence-electron chi connectivity index (χ2n) is 5.79. The number of nitrogens with zero attached hydrogens (tertiary/aromatic N) is 1. The molecule has 0 aliphatic carbocycles. The Balaban J connectivity index is 2.15. The lowest BCUT2D eigenvalue weighted by molar-refractivity contribution is -0.115. The number of hydrogen-bond donors (Lipinski definition) is 2. The number of fused-ring (bicyclic) bond motifs is 1. The van der Waals surface area contributed by atoms with Crippen LogP contribution in [0.3, 0.4) is 0 Å². The van der Waals surface area contributed by atoms with E-state index < -0.39 is 0 Å². The van der Waals surface area contributed by atoms with Gasteiger partial charge in [0.25, 0.3) is 0 Å². The standard InChI is InChI=1S/C14H21N3O/c1-14(2,8-15)9-17(3)11-4-5-12-10(6-11)7-13(18)16-12/h4-6H,7-9,15H2,1-3H3,(H,16,18). The van der Waals surface area contributed by atoms with Gasteiger partial charge in [0.15, 0.2) is 0 Å². The Bertz CT molecular complexity index is 468. The van der Waals surface area contributed by atoms with Gasteiger partial charge in [-0.05, 0) is 35.7 Å². The van der Waals surface area contributed by atoms with Crippen molar-refractivity contribution in [1.82, 2.24) is 0 Å². The number of nitrogens with two attached hydrogens (primary N) is 1. The third-order valence-corrected chi connectivity index (χ3v) is 3.37. The van der Waals surface area contributed by atoms with E-state index in [0.29, 0.717) is 13.0 Å². The summed E-state index contributed by atoms with van der Waals surface area (Å²) in [6.07, 6.45) is 0.483. The molecule has 0 bridgehead atoms. The van der Waals surface area contributed by atoms with Crippen LogP contribution in [0.4, 0.5) is 11.4 Å². The second-order valence-corrected chi connectivity index (χ2v) is 5.79. The zero-order valence-electron chi connectivity index (χ0n) is 11.3. The Kier molecular flexibility index (Phi) is 3.30. The first-order valence-corrected chi connectivity index (χ1v) is 6.25. The van der Waals surface area contributed by atoms with E-state index in [1.54, 1.807) is 0 Å². The number of benzene rings is 1. The number of hydrogen-bond acceptors (Lipinski definition) is 3. The summed E-state index contributed by atoms with van der Waals surface area (Å²) >= 11 is 0. The highest BCUT2D eigenvalue weighted by molar-refractivity contribution is 5.99. The topological polar surface area (TPSA) is 58.4 Å². The third kappa shape index (κ3) is 2.64. The van der Waals surface area contributed by atoms with Gasteiger partial charge in [-0.3, -0.25) is 4.79 Å². The van der Waals surface area contributed by atoms with E-state index in [9.17, 15) is 4.79 Å². The van der Waals surface area contributed by atoms with Crippen LogP contribution in [-0.4, -0.2) is 26.0 Å². The molecule has 0 spiro atoms. The third-order valence-electron chi connectivity index (χ3n) is 3.37. The Hall–Kier alpha value is -1.55. The van der Waals surface area contributed by atoms with Gasteiger partial charge in [-0.1, -0.05) is 13.8 Å². The summed E-state index contributed by atoms with van der Waals surface area (Å²) in [4.78, 5) is 13.5. The Morgan fingerprint density at radius 2 is 2.17 bits per heavy atom. The first kappa shape index (κ1) is 12.9. The van der Waals surface area contributed by atoms with Crippen LogP contribution in [0.2, 0.25) is 0 Å². The lowest BCUT2D eigenvalue weighted by Gasteiger charge is -2.30. The van der Waals surface area contributed by atoms with Crippen LogP contribution in [0.15, 0.2) is 18.2 Å². The van der Waals surface area contributed by atoms with Crippen LogP contribution in [0, 0.1) is 5.41 Å². The molecule has 18 heavy (non-hydrogen) atoms. The van der Waals surface area contributed by atoms with Crippen molar-refractivity contribution in [3.63, 3.8) is 0 Å². The van der Waals surface area contributed by atoms with Gasteiger partial charge in [0.1, 0.15) is 0 Å². The minimum absolute atomic E-state index is 0.0760. The molecule has 0 atom stereocenters. The molecule has 1 aromatic carbocycles. The summed E-state index contributed by atoms with van der Waals surface area (Å²) in [6.45, 7) is 5.86. The molecule has 1 heterocycles.